The van der Waals surface area contributed by atoms with Gasteiger partial charge in [0.25, 0.3) is 0 Å². The number of nitrogens with zero attached hydrogens (tertiary/aromatic N) is 1. The zero-order valence-electron chi connectivity index (χ0n) is 11.2. The van der Waals surface area contributed by atoms with Crippen molar-refractivity contribution in [1.82, 2.24) is 0 Å². The number of hydrogen-bond donors (Lipinski definition) is 2. The van der Waals surface area contributed by atoms with E-state index in [1.54, 1.807) is 27.7 Å². The van der Waals surface area contributed by atoms with Gasteiger partial charge in [0.1, 0.15) is 5.54 Å². The molecule has 1 rings (SSSR count). The van der Waals surface area contributed by atoms with Crippen molar-refractivity contribution in [3.8, 4) is 0 Å². The van der Waals surface area contributed by atoms with Gasteiger partial charge < -0.3 is 10.2 Å². The lowest BCUT2D eigenvalue weighted by Crippen LogP contribution is -2.75. The summed E-state index contributed by atoms with van der Waals surface area (Å²) < 4.78 is -1.02. The first-order chi connectivity index (χ1) is 8.08. The highest BCUT2D eigenvalue weighted by atomic mass is 16.4. The van der Waals surface area contributed by atoms with E-state index >= 15 is 0 Å². The average molecular weight is 258 g/mol. The van der Waals surface area contributed by atoms with Crippen molar-refractivity contribution in [3.05, 3.63) is 0 Å². The van der Waals surface area contributed by atoms with E-state index in [1.165, 1.54) is 0 Å². The van der Waals surface area contributed by atoms with Crippen molar-refractivity contribution >= 4 is 18.0 Å². The summed E-state index contributed by atoms with van der Waals surface area (Å²) in [5.74, 6) is -1.74. The molecule has 0 bridgehead atoms. The van der Waals surface area contributed by atoms with Crippen LogP contribution >= 0.6 is 0 Å². The van der Waals surface area contributed by atoms with Crippen molar-refractivity contribution in [2.45, 2.75) is 58.0 Å². The SMILES string of the molecule is CCC1(C(=O)O)CCC(=O)[N@+]1(C(=O)O)C(C)(C)C. The van der Waals surface area contributed by atoms with Crippen LogP contribution in [0.1, 0.15) is 47.0 Å². The van der Waals surface area contributed by atoms with Crippen molar-refractivity contribution in [2.24, 2.45) is 0 Å². The Bertz CT molecular complexity index is 411. The summed E-state index contributed by atoms with van der Waals surface area (Å²) >= 11 is 0. The molecule has 1 heterocycles. The molecule has 1 aliphatic rings. The quantitative estimate of drug-likeness (QED) is 0.737. The molecule has 1 fully saturated rings. The van der Waals surface area contributed by atoms with Crippen LogP contribution in [0, 0.1) is 0 Å². The van der Waals surface area contributed by atoms with Gasteiger partial charge in [0.05, 0.1) is 6.42 Å². The minimum absolute atomic E-state index is 0.0102. The van der Waals surface area contributed by atoms with Crippen molar-refractivity contribution < 1.29 is 29.1 Å². The van der Waals surface area contributed by atoms with Gasteiger partial charge in [-0.3, -0.25) is 0 Å². The standard InChI is InChI=1S/C12H19NO5/c1-5-12(9(15)16)7-6-8(14)13(12,10(17)18)11(2,3)4/h5-7H2,1-4H3,(H-,15,16,17,18)/p+1/t12?,13-/m0/s1. The van der Waals surface area contributed by atoms with Crippen molar-refractivity contribution in [1.29, 1.82) is 0 Å². The summed E-state index contributed by atoms with van der Waals surface area (Å²) in [4.78, 5) is 35.6. The molecule has 0 spiro atoms. The molecule has 0 saturated carbocycles. The number of rotatable bonds is 2. The number of carboxylic acid groups (broad SMARTS) is 2. The Morgan fingerprint density at radius 1 is 1.33 bits per heavy atom. The van der Waals surface area contributed by atoms with Gasteiger partial charge in [-0.1, -0.05) is 6.92 Å². The van der Waals surface area contributed by atoms with Gasteiger partial charge in [-0.2, -0.15) is 4.79 Å². The maximum absolute atomic E-state index is 12.2. The minimum Gasteiger partial charge on any atom is -0.477 e. The molecule has 1 unspecified atom stereocenters. The second-order valence-electron chi connectivity index (χ2n) is 5.71. The Hall–Kier alpha value is -1.43. The smallest absolute Gasteiger partial charge is 0.477 e. The number of likely N-dealkylation sites (tertiary alicyclic amines) is 1. The molecule has 102 valence electrons. The van der Waals surface area contributed by atoms with E-state index in [9.17, 15) is 24.6 Å². The summed E-state index contributed by atoms with van der Waals surface area (Å²) in [6.45, 7) is 6.40. The van der Waals surface area contributed by atoms with E-state index < -0.39 is 33.5 Å². The lowest BCUT2D eigenvalue weighted by Gasteiger charge is -2.47. The molecule has 2 atom stereocenters. The molecule has 0 aromatic rings. The number of amides is 2. The Labute approximate surface area is 106 Å². The van der Waals surface area contributed by atoms with E-state index in [1.807, 2.05) is 0 Å². The van der Waals surface area contributed by atoms with Crippen LogP contribution in [-0.2, 0) is 9.59 Å². The Kier molecular flexibility index (Phi) is 3.29. The molecule has 0 aromatic heterocycles. The monoisotopic (exact) mass is 258 g/mol. The fourth-order valence-corrected chi connectivity index (χ4v) is 3.30. The predicted molar refractivity (Wildman–Crippen MR) is 62.9 cm³/mol. The van der Waals surface area contributed by atoms with E-state index in [4.69, 9.17) is 0 Å². The fraction of sp³-hybridized carbons (Fsp3) is 0.750. The van der Waals surface area contributed by atoms with Crippen LogP contribution in [0.4, 0.5) is 4.79 Å². The van der Waals surface area contributed by atoms with Crippen LogP contribution in [0.15, 0.2) is 0 Å². The first kappa shape index (κ1) is 14.6. The number of hydrogen-bond acceptors (Lipinski definition) is 3. The molecule has 2 N–H and O–H groups in total. The lowest BCUT2D eigenvalue weighted by atomic mass is 9.86. The number of carboxylic acids is 1. The third kappa shape index (κ3) is 1.41. The largest absolute Gasteiger partial charge is 0.522 e. The second-order valence-corrected chi connectivity index (χ2v) is 5.71. The average Bonchev–Trinajstić information content (AvgIpc) is 2.52. The Balaban J connectivity index is 3.68. The topological polar surface area (TPSA) is 91.7 Å². The van der Waals surface area contributed by atoms with Crippen molar-refractivity contribution in [2.75, 3.05) is 0 Å². The Morgan fingerprint density at radius 2 is 1.83 bits per heavy atom. The summed E-state index contributed by atoms with van der Waals surface area (Å²) in [5, 5.41) is 19.1. The molecule has 18 heavy (non-hydrogen) atoms. The predicted octanol–water partition coefficient (Wildman–Crippen LogP) is 1.83. The highest BCUT2D eigenvalue weighted by Crippen LogP contribution is 2.47. The molecule has 6 nitrogen and oxygen atoms in total. The van der Waals surface area contributed by atoms with Crippen LogP contribution in [0.5, 0.6) is 0 Å². The van der Waals surface area contributed by atoms with Gasteiger partial charge >= 0.3 is 18.0 Å². The molecule has 0 aromatic carbocycles. The van der Waals surface area contributed by atoms with Crippen LogP contribution in [-0.4, -0.2) is 43.7 Å². The van der Waals surface area contributed by atoms with Gasteiger partial charge in [-0.05, 0) is 20.8 Å². The summed E-state index contributed by atoms with van der Waals surface area (Å²) in [5.41, 5.74) is -2.57. The van der Waals surface area contributed by atoms with Gasteiger partial charge in [0.15, 0.2) is 0 Å². The molecule has 6 heteroatoms. The van der Waals surface area contributed by atoms with Gasteiger partial charge in [0, 0.05) is 12.8 Å². The second kappa shape index (κ2) is 4.05. The first-order valence-electron chi connectivity index (χ1n) is 5.97. The molecule has 1 saturated heterocycles. The van der Waals surface area contributed by atoms with Crippen LogP contribution < -0.4 is 0 Å². The van der Waals surface area contributed by atoms with E-state index in [2.05, 4.69) is 0 Å². The van der Waals surface area contributed by atoms with Crippen LogP contribution in [0.3, 0.4) is 0 Å². The van der Waals surface area contributed by atoms with Gasteiger partial charge in [0.2, 0.25) is 5.54 Å². The summed E-state index contributed by atoms with van der Waals surface area (Å²) in [6.07, 6.45) is -1.21. The minimum atomic E-state index is -1.57. The van der Waals surface area contributed by atoms with E-state index in [0.717, 1.165) is 0 Å². The van der Waals surface area contributed by atoms with Crippen LogP contribution in [0.2, 0.25) is 0 Å². The third-order valence-corrected chi connectivity index (χ3v) is 4.04. The normalized spacial score (nSPS) is 32.6. The van der Waals surface area contributed by atoms with Crippen molar-refractivity contribution in [3.63, 3.8) is 0 Å². The fourth-order valence-electron chi connectivity index (χ4n) is 3.30. The Morgan fingerprint density at radius 3 is 2.06 bits per heavy atom. The summed E-state index contributed by atoms with van der Waals surface area (Å²) in [6, 6.07) is 0. The number of aliphatic carboxylic acids is 1. The van der Waals surface area contributed by atoms with Gasteiger partial charge in [-0.15, -0.1) is 4.48 Å². The van der Waals surface area contributed by atoms with Crippen LogP contribution in [0.25, 0.3) is 0 Å². The highest BCUT2D eigenvalue weighted by Gasteiger charge is 2.74. The first-order valence-corrected chi connectivity index (χ1v) is 5.97. The molecule has 0 radical (unpaired) electrons. The molecular formula is C12H20NO5+. The van der Waals surface area contributed by atoms with Gasteiger partial charge in [-0.25, -0.2) is 9.59 Å². The number of imide groups is 1. The third-order valence-electron chi connectivity index (χ3n) is 4.04. The summed E-state index contributed by atoms with van der Waals surface area (Å²) in [7, 11) is 0. The maximum Gasteiger partial charge on any atom is 0.522 e. The molecular weight excluding hydrogens is 238 g/mol. The maximum atomic E-state index is 12.2. The number of quaternary nitrogens is 1. The number of carbonyl (C=O) groups excluding carboxylic acids is 1. The highest BCUT2D eigenvalue weighted by molar-refractivity contribution is 5.92. The van der Waals surface area contributed by atoms with E-state index in [0.29, 0.717) is 0 Å². The lowest BCUT2D eigenvalue weighted by molar-refractivity contribution is -0.865. The van der Waals surface area contributed by atoms with E-state index in [-0.39, 0.29) is 19.3 Å². The zero-order chi connectivity index (χ0) is 14.4. The molecule has 0 aliphatic carbocycles. The molecule has 1 aliphatic heterocycles. The molecule has 2 amide bonds. The number of carbonyl (C=O) groups is 3. The zero-order valence-corrected chi connectivity index (χ0v) is 11.2.